The Labute approximate surface area is 77.8 Å². The highest BCUT2D eigenvalue weighted by atomic mass is 16.3. The van der Waals surface area contributed by atoms with Gasteiger partial charge in [-0.15, -0.1) is 0 Å². The molecule has 0 aliphatic rings. The SMILES string of the molecule is C/C(=C\C=O)CC/C=C(/C=O)CO. The number of aliphatic hydroxyl groups is 1. The van der Waals surface area contributed by atoms with E-state index in [-0.39, 0.29) is 6.61 Å². The fourth-order valence-corrected chi connectivity index (χ4v) is 0.835. The number of aliphatic hydroxyl groups excluding tert-OH is 1. The topological polar surface area (TPSA) is 54.4 Å². The van der Waals surface area contributed by atoms with E-state index in [1.54, 1.807) is 6.08 Å². The van der Waals surface area contributed by atoms with Gasteiger partial charge in [-0.3, -0.25) is 9.59 Å². The second-order valence-corrected chi connectivity index (χ2v) is 2.74. The van der Waals surface area contributed by atoms with Crippen LogP contribution in [0.5, 0.6) is 0 Å². The quantitative estimate of drug-likeness (QED) is 0.493. The van der Waals surface area contributed by atoms with Gasteiger partial charge in [0.1, 0.15) is 12.6 Å². The average Bonchev–Trinajstić information content (AvgIpc) is 2.13. The van der Waals surface area contributed by atoms with E-state index in [1.165, 1.54) is 6.08 Å². The highest BCUT2D eigenvalue weighted by molar-refractivity contribution is 5.73. The molecule has 0 unspecified atom stereocenters. The molecular formula is C10H14O3. The lowest BCUT2D eigenvalue weighted by atomic mass is 10.1. The number of hydrogen-bond donors (Lipinski definition) is 1. The minimum absolute atomic E-state index is 0.222. The zero-order valence-corrected chi connectivity index (χ0v) is 7.69. The number of carbonyl (C=O) groups is 2. The van der Waals surface area contributed by atoms with Crippen molar-refractivity contribution in [3.8, 4) is 0 Å². The van der Waals surface area contributed by atoms with Gasteiger partial charge in [-0.05, 0) is 25.8 Å². The molecule has 3 heteroatoms. The Morgan fingerprint density at radius 2 is 2.08 bits per heavy atom. The lowest BCUT2D eigenvalue weighted by Crippen LogP contribution is -1.91. The first kappa shape index (κ1) is 11.8. The summed E-state index contributed by atoms with van der Waals surface area (Å²) < 4.78 is 0. The summed E-state index contributed by atoms with van der Waals surface area (Å²) >= 11 is 0. The minimum atomic E-state index is -0.222. The summed E-state index contributed by atoms with van der Waals surface area (Å²) in [6.07, 6.45) is 5.95. The normalized spacial score (nSPS) is 12.8. The molecule has 0 spiro atoms. The van der Waals surface area contributed by atoms with Crippen LogP contribution in [0.3, 0.4) is 0 Å². The summed E-state index contributed by atoms with van der Waals surface area (Å²) in [5, 5.41) is 8.62. The van der Waals surface area contributed by atoms with Crippen molar-refractivity contribution in [2.24, 2.45) is 0 Å². The Bertz CT molecular complexity index is 226. The second kappa shape index (κ2) is 7.43. The zero-order valence-electron chi connectivity index (χ0n) is 7.69. The van der Waals surface area contributed by atoms with E-state index in [0.717, 1.165) is 18.3 Å². The third-order valence-corrected chi connectivity index (χ3v) is 1.63. The van der Waals surface area contributed by atoms with Crippen LogP contribution >= 0.6 is 0 Å². The van der Waals surface area contributed by atoms with E-state index < -0.39 is 0 Å². The summed E-state index contributed by atoms with van der Waals surface area (Å²) in [7, 11) is 0. The van der Waals surface area contributed by atoms with Crippen LogP contribution in [0.25, 0.3) is 0 Å². The predicted molar refractivity (Wildman–Crippen MR) is 50.3 cm³/mol. The lowest BCUT2D eigenvalue weighted by Gasteiger charge is -1.96. The van der Waals surface area contributed by atoms with E-state index in [0.29, 0.717) is 18.3 Å². The van der Waals surface area contributed by atoms with Crippen molar-refractivity contribution in [3.05, 3.63) is 23.3 Å². The highest BCUT2D eigenvalue weighted by Crippen LogP contribution is 2.04. The third-order valence-electron chi connectivity index (χ3n) is 1.63. The number of rotatable bonds is 6. The molecule has 0 aliphatic heterocycles. The Morgan fingerprint density at radius 3 is 2.54 bits per heavy atom. The molecule has 0 aromatic heterocycles. The molecule has 0 bridgehead atoms. The van der Waals surface area contributed by atoms with E-state index in [9.17, 15) is 9.59 Å². The summed E-state index contributed by atoms with van der Waals surface area (Å²) in [6.45, 7) is 1.63. The van der Waals surface area contributed by atoms with Crippen LogP contribution in [0, 0.1) is 0 Å². The minimum Gasteiger partial charge on any atom is -0.392 e. The number of allylic oxidation sites excluding steroid dienone is 3. The Morgan fingerprint density at radius 1 is 1.38 bits per heavy atom. The van der Waals surface area contributed by atoms with Crippen LogP contribution in [0.15, 0.2) is 23.3 Å². The van der Waals surface area contributed by atoms with Gasteiger partial charge in [-0.2, -0.15) is 0 Å². The molecule has 0 aromatic carbocycles. The smallest absolute Gasteiger partial charge is 0.148 e. The number of aldehydes is 2. The van der Waals surface area contributed by atoms with Crippen molar-refractivity contribution in [1.82, 2.24) is 0 Å². The van der Waals surface area contributed by atoms with Crippen molar-refractivity contribution in [1.29, 1.82) is 0 Å². The van der Waals surface area contributed by atoms with E-state index in [4.69, 9.17) is 5.11 Å². The molecule has 0 atom stereocenters. The molecule has 0 aromatic rings. The van der Waals surface area contributed by atoms with Gasteiger partial charge < -0.3 is 5.11 Å². The molecule has 0 saturated heterocycles. The summed E-state index contributed by atoms with van der Waals surface area (Å²) in [6, 6.07) is 0. The Kier molecular flexibility index (Phi) is 6.73. The Hall–Kier alpha value is -1.22. The first-order valence-electron chi connectivity index (χ1n) is 4.10. The van der Waals surface area contributed by atoms with E-state index in [2.05, 4.69) is 0 Å². The largest absolute Gasteiger partial charge is 0.392 e. The monoisotopic (exact) mass is 182 g/mol. The number of carbonyl (C=O) groups excluding carboxylic acids is 2. The van der Waals surface area contributed by atoms with Gasteiger partial charge in [0.25, 0.3) is 0 Å². The fourth-order valence-electron chi connectivity index (χ4n) is 0.835. The zero-order chi connectivity index (χ0) is 10.1. The first-order valence-corrected chi connectivity index (χ1v) is 4.10. The molecular weight excluding hydrogens is 168 g/mol. The molecule has 0 rings (SSSR count). The maximum atomic E-state index is 10.2. The fraction of sp³-hybridized carbons (Fsp3) is 0.400. The van der Waals surface area contributed by atoms with Crippen LogP contribution in [0.1, 0.15) is 19.8 Å². The van der Waals surface area contributed by atoms with Crippen LogP contribution in [0.2, 0.25) is 0 Å². The number of hydrogen-bond acceptors (Lipinski definition) is 3. The maximum Gasteiger partial charge on any atom is 0.148 e. The molecule has 1 N–H and O–H groups in total. The third kappa shape index (κ3) is 5.99. The van der Waals surface area contributed by atoms with Crippen molar-refractivity contribution < 1.29 is 14.7 Å². The molecule has 0 fully saturated rings. The van der Waals surface area contributed by atoms with Crippen molar-refractivity contribution in [3.63, 3.8) is 0 Å². The predicted octanol–water partition coefficient (Wildman–Crippen LogP) is 1.03. The van der Waals surface area contributed by atoms with Gasteiger partial charge in [0.15, 0.2) is 0 Å². The van der Waals surface area contributed by atoms with Crippen LogP contribution < -0.4 is 0 Å². The standard InChI is InChI=1S/C10H14O3/c1-9(5-6-11)3-2-4-10(7-12)8-13/h4-7,13H,2-3,8H2,1H3/b9-5+,10-4-. The summed E-state index contributed by atoms with van der Waals surface area (Å²) in [4.78, 5) is 20.3. The van der Waals surface area contributed by atoms with Crippen molar-refractivity contribution in [2.45, 2.75) is 19.8 Å². The molecule has 0 radical (unpaired) electrons. The van der Waals surface area contributed by atoms with E-state index in [1.807, 2.05) is 6.92 Å². The molecule has 0 heterocycles. The molecule has 0 amide bonds. The summed E-state index contributed by atoms with van der Waals surface area (Å²) in [5.74, 6) is 0. The second-order valence-electron chi connectivity index (χ2n) is 2.74. The lowest BCUT2D eigenvalue weighted by molar-refractivity contribution is -0.105. The van der Waals surface area contributed by atoms with Crippen LogP contribution in [-0.4, -0.2) is 24.3 Å². The van der Waals surface area contributed by atoms with Crippen molar-refractivity contribution in [2.75, 3.05) is 6.61 Å². The van der Waals surface area contributed by atoms with E-state index >= 15 is 0 Å². The van der Waals surface area contributed by atoms with Crippen LogP contribution in [0.4, 0.5) is 0 Å². The molecule has 72 valence electrons. The Balaban J connectivity index is 3.89. The van der Waals surface area contributed by atoms with Crippen molar-refractivity contribution >= 4 is 12.6 Å². The molecule has 0 saturated carbocycles. The average molecular weight is 182 g/mol. The van der Waals surface area contributed by atoms with Gasteiger partial charge >= 0.3 is 0 Å². The maximum absolute atomic E-state index is 10.2. The van der Waals surface area contributed by atoms with Gasteiger partial charge in [-0.25, -0.2) is 0 Å². The van der Waals surface area contributed by atoms with Gasteiger partial charge in [0.2, 0.25) is 0 Å². The first-order chi connectivity index (χ1) is 6.24. The molecule has 3 nitrogen and oxygen atoms in total. The molecule has 0 aliphatic carbocycles. The summed E-state index contributed by atoms with van der Waals surface area (Å²) in [5.41, 5.74) is 1.35. The highest BCUT2D eigenvalue weighted by Gasteiger charge is 1.92. The van der Waals surface area contributed by atoms with Gasteiger partial charge in [0, 0.05) is 5.57 Å². The van der Waals surface area contributed by atoms with Gasteiger partial charge in [0.05, 0.1) is 6.61 Å². The van der Waals surface area contributed by atoms with Crippen LogP contribution in [-0.2, 0) is 9.59 Å². The molecule has 13 heavy (non-hydrogen) atoms. The van der Waals surface area contributed by atoms with Gasteiger partial charge in [-0.1, -0.05) is 11.6 Å².